The van der Waals surface area contributed by atoms with E-state index in [1.165, 1.54) is 0 Å². The molecule has 1 aliphatic carbocycles. The van der Waals surface area contributed by atoms with Gasteiger partial charge < -0.3 is 10.1 Å². The molecule has 7 heteroatoms. The smallest absolute Gasteiger partial charge is 0.223 e. The largest absolute Gasteiger partial charge is 0.494 e. The van der Waals surface area contributed by atoms with E-state index in [0.29, 0.717) is 38.8 Å². The van der Waals surface area contributed by atoms with Gasteiger partial charge in [-0.3, -0.25) is 4.79 Å². The highest BCUT2D eigenvalue weighted by Crippen LogP contribution is 2.25. The number of sulfonamides is 1. The van der Waals surface area contributed by atoms with Crippen molar-refractivity contribution in [2.45, 2.75) is 77.1 Å². The van der Waals surface area contributed by atoms with Crippen LogP contribution in [0.4, 0.5) is 0 Å². The van der Waals surface area contributed by atoms with E-state index in [1.807, 2.05) is 24.3 Å². The number of rotatable bonds is 10. The zero-order valence-corrected chi connectivity index (χ0v) is 18.1. The Morgan fingerprint density at radius 2 is 1.93 bits per heavy atom. The summed E-state index contributed by atoms with van der Waals surface area (Å²) in [5.41, 5.74) is 1.01. The third-order valence-corrected chi connectivity index (χ3v) is 7.08. The molecule has 6 nitrogen and oxygen atoms in total. The molecule has 0 radical (unpaired) electrons. The lowest BCUT2D eigenvalue weighted by Gasteiger charge is -2.28. The fourth-order valence-electron chi connectivity index (χ4n) is 3.25. The van der Waals surface area contributed by atoms with Crippen LogP contribution in [0.5, 0.6) is 5.75 Å². The van der Waals surface area contributed by atoms with E-state index >= 15 is 0 Å². The zero-order chi connectivity index (χ0) is 20.6. The fourth-order valence-corrected chi connectivity index (χ4v) is 4.23. The Balaban J connectivity index is 1.76. The first-order valence-corrected chi connectivity index (χ1v) is 11.9. The van der Waals surface area contributed by atoms with Gasteiger partial charge in [0.25, 0.3) is 0 Å². The Hall–Kier alpha value is -1.60. The Morgan fingerprint density at radius 3 is 2.57 bits per heavy atom. The van der Waals surface area contributed by atoms with Crippen LogP contribution in [0.15, 0.2) is 24.3 Å². The quantitative estimate of drug-likeness (QED) is 0.579. The van der Waals surface area contributed by atoms with Crippen molar-refractivity contribution in [3.8, 4) is 5.75 Å². The van der Waals surface area contributed by atoms with Gasteiger partial charge in [0.1, 0.15) is 5.75 Å². The highest BCUT2D eigenvalue weighted by atomic mass is 32.2. The predicted molar refractivity (Wildman–Crippen MR) is 112 cm³/mol. The van der Waals surface area contributed by atoms with Crippen LogP contribution in [-0.4, -0.2) is 32.2 Å². The minimum Gasteiger partial charge on any atom is -0.494 e. The molecule has 1 aromatic carbocycles. The standard InChI is InChI=1S/C21H34N2O4S/c1-4-5-13-27-20-8-6-7-17(14-20)15-22-21(24)18-9-11-19(12-10-18)23-28(25,26)16(2)3/h6-8,14,16,18-19,23H,4-5,9-13,15H2,1-3H3,(H,22,24). The number of hydrogen-bond acceptors (Lipinski definition) is 4. The lowest BCUT2D eigenvalue weighted by Crippen LogP contribution is -2.43. The SMILES string of the molecule is CCCCOc1cccc(CNC(=O)C2CCC(NS(=O)(=O)C(C)C)CC2)c1. The van der Waals surface area contributed by atoms with Crippen molar-refractivity contribution in [2.75, 3.05) is 6.61 Å². The topological polar surface area (TPSA) is 84.5 Å². The normalized spacial score (nSPS) is 20.1. The number of benzene rings is 1. The van der Waals surface area contributed by atoms with Crippen molar-refractivity contribution in [3.63, 3.8) is 0 Å². The molecule has 0 aromatic heterocycles. The lowest BCUT2D eigenvalue weighted by molar-refractivity contribution is -0.126. The van der Waals surface area contributed by atoms with Gasteiger partial charge in [-0.15, -0.1) is 0 Å². The van der Waals surface area contributed by atoms with Crippen molar-refractivity contribution < 1.29 is 17.9 Å². The molecular formula is C21H34N2O4S. The Bertz CT molecular complexity index is 726. The molecule has 2 rings (SSSR count). The molecule has 1 saturated carbocycles. The molecule has 0 heterocycles. The maximum atomic E-state index is 12.5. The average Bonchev–Trinajstić information content (AvgIpc) is 2.67. The van der Waals surface area contributed by atoms with Crippen LogP contribution >= 0.6 is 0 Å². The number of nitrogens with one attached hydrogen (secondary N) is 2. The van der Waals surface area contributed by atoms with Crippen LogP contribution < -0.4 is 14.8 Å². The molecule has 0 atom stereocenters. The molecule has 0 aliphatic heterocycles. The predicted octanol–water partition coefficient (Wildman–Crippen LogP) is 3.37. The van der Waals surface area contributed by atoms with E-state index in [0.717, 1.165) is 24.2 Å². The zero-order valence-electron chi connectivity index (χ0n) is 17.2. The summed E-state index contributed by atoms with van der Waals surface area (Å²) in [5, 5.41) is 2.58. The summed E-state index contributed by atoms with van der Waals surface area (Å²) in [5.74, 6) is 0.824. The van der Waals surface area contributed by atoms with Gasteiger partial charge in [0.2, 0.25) is 15.9 Å². The van der Waals surface area contributed by atoms with Gasteiger partial charge in [-0.05, 0) is 63.6 Å². The average molecular weight is 411 g/mol. The van der Waals surface area contributed by atoms with Crippen molar-refractivity contribution >= 4 is 15.9 Å². The van der Waals surface area contributed by atoms with Crippen molar-refractivity contribution in [2.24, 2.45) is 5.92 Å². The van der Waals surface area contributed by atoms with Crippen LogP contribution in [0.25, 0.3) is 0 Å². The van der Waals surface area contributed by atoms with Crippen LogP contribution in [0.2, 0.25) is 0 Å². The fraction of sp³-hybridized carbons (Fsp3) is 0.667. The first kappa shape index (κ1) is 22.7. The molecule has 1 aliphatic rings. The summed E-state index contributed by atoms with van der Waals surface area (Å²) in [6.45, 7) is 6.65. The number of carbonyl (C=O) groups excluding carboxylic acids is 1. The molecule has 28 heavy (non-hydrogen) atoms. The van der Waals surface area contributed by atoms with E-state index in [1.54, 1.807) is 13.8 Å². The second-order valence-corrected chi connectivity index (χ2v) is 10.1. The van der Waals surface area contributed by atoms with Crippen molar-refractivity contribution in [1.82, 2.24) is 10.0 Å². The molecule has 0 spiro atoms. The van der Waals surface area contributed by atoms with Gasteiger partial charge in [-0.25, -0.2) is 13.1 Å². The summed E-state index contributed by atoms with van der Waals surface area (Å²) in [7, 11) is -3.26. The maximum absolute atomic E-state index is 12.5. The van der Waals surface area contributed by atoms with Crippen molar-refractivity contribution in [1.29, 1.82) is 0 Å². The monoisotopic (exact) mass is 410 g/mol. The number of carbonyl (C=O) groups is 1. The number of ether oxygens (including phenoxy) is 1. The maximum Gasteiger partial charge on any atom is 0.223 e. The number of unbranched alkanes of at least 4 members (excludes halogenated alkanes) is 1. The van der Waals surface area contributed by atoms with E-state index in [2.05, 4.69) is 17.0 Å². The molecule has 0 saturated heterocycles. The van der Waals surface area contributed by atoms with E-state index in [-0.39, 0.29) is 17.9 Å². The van der Waals surface area contributed by atoms with Gasteiger partial charge in [0.15, 0.2) is 0 Å². The highest BCUT2D eigenvalue weighted by Gasteiger charge is 2.29. The minimum absolute atomic E-state index is 0.0440. The molecule has 2 N–H and O–H groups in total. The lowest BCUT2D eigenvalue weighted by atomic mass is 9.86. The first-order valence-electron chi connectivity index (χ1n) is 10.3. The van der Waals surface area contributed by atoms with E-state index < -0.39 is 15.3 Å². The third kappa shape index (κ3) is 7.09. The Kier molecular flexibility index (Phi) is 8.76. The summed E-state index contributed by atoms with van der Waals surface area (Å²) in [6, 6.07) is 7.75. The summed E-state index contributed by atoms with van der Waals surface area (Å²) < 4.78 is 32.4. The Morgan fingerprint density at radius 1 is 1.21 bits per heavy atom. The van der Waals surface area contributed by atoms with Gasteiger partial charge >= 0.3 is 0 Å². The summed E-state index contributed by atoms with van der Waals surface area (Å²) in [6.07, 6.45) is 4.93. The van der Waals surface area contributed by atoms with Crippen LogP contribution in [0, 0.1) is 5.92 Å². The molecule has 0 bridgehead atoms. The molecular weight excluding hydrogens is 376 g/mol. The van der Waals surface area contributed by atoms with E-state index in [4.69, 9.17) is 4.74 Å². The van der Waals surface area contributed by atoms with Gasteiger partial charge in [0.05, 0.1) is 11.9 Å². The Labute approximate surface area is 169 Å². The molecule has 1 aromatic rings. The summed E-state index contributed by atoms with van der Waals surface area (Å²) in [4.78, 5) is 12.5. The molecule has 0 unspecified atom stereocenters. The van der Waals surface area contributed by atoms with E-state index in [9.17, 15) is 13.2 Å². The van der Waals surface area contributed by atoms with Gasteiger partial charge in [-0.2, -0.15) is 0 Å². The number of amides is 1. The molecule has 1 amide bonds. The first-order chi connectivity index (χ1) is 13.3. The van der Waals surface area contributed by atoms with Crippen molar-refractivity contribution in [3.05, 3.63) is 29.8 Å². The van der Waals surface area contributed by atoms with Gasteiger partial charge in [-0.1, -0.05) is 25.5 Å². The minimum atomic E-state index is -3.26. The second-order valence-electron chi connectivity index (χ2n) is 7.83. The highest BCUT2D eigenvalue weighted by molar-refractivity contribution is 7.90. The molecule has 1 fully saturated rings. The third-order valence-electron chi connectivity index (χ3n) is 5.18. The summed E-state index contributed by atoms with van der Waals surface area (Å²) >= 11 is 0. The molecule has 158 valence electrons. The van der Waals surface area contributed by atoms with Crippen LogP contribution in [0.3, 0.4) is 0 Å². The van der Waals surface area contributed by atoms with Crippen LogP contribution in [-0.2, 0) is 21.4 Å². The number of hydrogen-bond donors (Lipinski definition) is 2. The second kappa shape index (κ2) is 10.8. The van der Waals surface area contributed by atoms with Gasteiger partial charge in [0, 0.05) is 18.5 Å². The van der Waals surface area contributed by atoms with Crippen LogP contribution in [0.1, 0.15) is 64.9 Å².